The highest BCUT2D eigenvalue weighted by atomic mass is 16.5. The molecule has 2 aromatic rings. The highest BCUT2D eigenvalue weighted by Gasteiger charge is 2.31. The standard InChI is InChI=1S/C26H32N2O5/c1-4-5-10-17(15-23(29)28-26(2,3)24(30)31)27-25(32)33-16-22-20-13-8-6-11-18(20)19-12-7-9-14-21(19)22/h6-9,11-14,17,22H,4-5,10,15-16H2,1-3H3,(H,27,32)(H,28,29)(H,30,31)/t17-/m0/s1. The number of hydrogen-bond donors (Lipinski definition) is 3. The summed E-state index contributed by atoms with van der Waals surface area (Å²) in [6.45, 7) is 5.07. The fourth-order valence-electron chi connectivity index (χ4n) is 4.16. The van der Waals surface area contributed by atoms with Gasteiger partial charge in [0.2, 0.25) is 5.91 Å². The molecule has 3 N–H and O–H groups in total. The number of carbonyl (C=O) groups excluding carboxylic acids is 2. The monoisotopic (exact) mass is 452 g/mol. The van der Waals surface area contributed by atoms with E-state index in [0.29, 0.717) is 6.42 Å². The lowest BCUT2D eigenvalue weighted by Gasteiger charge is -2.24. The summed E-state index contributed by atoms with van der Waals surface area (Å²) < 4.78 is 5.59. The van der Waals surface area contributed by atoms with Crippen molar-refractivity contribution in [2.24, 2.45) is 0 Å². The van der Waals surface area contributed by atoms with E-state index in [9.17, 15) is 19.5 Å². The Morgan fingerprint density at radius 3 is 2.15 bits per heavy atom. The molecule has 0 aromatic heterocycles. The number of unbranched alkanes of at least 4 members (excludes halogenated alkanes) is 1. The predicted molar refractivity (Wildman–Crippen MR) is 126 cm³/mol. The topological polar surface area (TPSA) is 105 Å². The molecule has 1 aliphatic rings. The molecule has 0 spiro atoms. The Labute approximate surface area is 194 Å². The van der Waals surface area contributed by atoms with Crippen molar-refractivity contribution in [2.45, 2.75) is 64.0 Å². The fourth-order valence-corrected chi connectivity index (χ4v) is 4.16. The molecule has 0 aliphatic heterocycles. The summed E-state index contributed by atoms with van der Waals surface area (Å²) in [5.41, 5.74) is 3.19. The lowest BCUT2D eigenvalue weighted by molar-refractivity contribution is -0.146. The molecule has 0 saturated carbocycles. The van der Waals surface area contributed by atoms with Crippen molar-refractivity contribution in [3.8, 4) is 11.1 Å². The van der Waals surface area contributed by atoms with Gasteiger partial charge >= 0.3 is 12.1 Å². The van der Waals surface area contributed by atoms with E-state index in [1.165, 1.54) is 13.8 Å². The molecule has 0 heterocycles. The Hall–Kier alpha value is -3.35. The molecule has 1 atom stereocenters. The van der Waals surface area contributed by atoms with Gasteiger partial charge in [-0.05, 0) is 42.5 Å². The Balaban J connectivity index is 1.62. The smallest absolute Gasteiger partial charge is 0.407 e. The minimum atomic E-state index is -1.38. The highest BCUT2D eigenvalue weighted by molar-refractivity contribution is 5.86. The van der Waals surface area contributed by atoms with Crippen LogP contribution in [0, 0.1) is 0 Å². The molecule has 0 radical (unpaired) electrons. The largest absolute Gasteiger partial charge is 0.480 e. The average molecular weight is 453 g/mol. The van der Waals surface area contributed by atoms with Gasteiger partial charge in [-0.2, -0.15) is 0 Å². The molecule has 7 nitrogen and oxygen atoms in total. The van der Waals surface area contributed by atoms with Gasteiger partial charge in [0.25, 0.3) is 0 Å². The molecule has 2 amide bonds. The van der Waals surface area contributed by atoms with Gasteiger partial charge in [0.15, 0.2) is 0 Å². The normalized spacial score (nSPS) is 13.5. The van der Waals surface area contributed by atoms with Gasteiger partial charge in [-0.1, -0.05) is 68.3 Å². The molecule has 0 bridgehead atoms. The summed E-state index contributed by atoms with van der Waals surface area (Å²) >= 11 is 0. The second kappa shape index (κ2) is 10.5. The Morgan fingerprint density at radius 1 is 1.03 bits per heavy atom. The lowest BCUT2D eigenvalue weighted by Crippen LogP contribution is -2.51. The number of hydrogen-bond acceptors (Lipinski definition) is 4. The molecule has 176 valence electrons. The molecule has 33 heavy (non-hydrogen) atoms. The third-order valence-electron chi connectivity index (χ3n) is 5.99. The fraction of sp³-hybridized carbons (Fsp3) is 0.423. The quantitative estimate of drug-likeness (QED) is 0.494. The van der Waals surface area contributed by atoms with Gasteiger partial charge < -0.3 is 20.5 Å². The maximum absolute atomic E-state index is 12.6. The van der Waals surface area contributed by atoms with Crippen molar-refractivity contribution in [1.29, 1.82) is 0 Å². The van der Waals surface area contributed by atoms with Gasteiger partial charge in [-0.25, -0.2) is 9.59 Å². The van der Waals surface area contributed by atoms with E-state index in [1.807, 2.05) is 31.2 Å². The first-order chi connectivity index (χ1) is 15.7. The van der Waals surface area contributed by atoms with E-state index in [1.54, 1.807) is 0 Å². The van der Waals surface area contributed by atoms with Gasteiger partial charge in [0.1, 0.15) is 12.1 Å². The number of nitrogens with one attached hydrogen (secondary N) is 2. The zero-order valence-corrected chi connectivity index (χ0v) is 19.4. The first-order valence-electron chi connectivity index (χ1n) is 11.4. The number of carbonyl (C=O) groups is 3. The van der Waals surface area contributed by atoms with Crippen molar-refractivity contribution in [3.05, 3.63) is 59.7 Å². The molecular weight excluding hydrogens is 420 g/mol. The SMILES string of the molecule is CCCC[C@@H](CC(=O)NC(C)(C)C(=O)O)NC(=O)OCC1c2ccccc2-c2ccccc21. The van der Waals surface area contributed by atoms with E-state index in [2.05, 4.69) is 34.9 Å². The van der Waals surface area contributed by atoms with Gasteiger partial charge in [-0.3, -0.25) is 4.79 Å². The van der Waals surface area contributed by atoms with Crippen LogP contribution in [0.1, 0.15) is 63.5 Å². The summed E-state index contributed by atoms with van der Waals surface area (Å²) in [5.74, 6) is -1.59. The number of carboxylic acids is 1. The van der Waals surface area contributed by atoms with E-state index in [0.717, 1.165) is 35.1 Å². The lowest BCUT2D eigenvalue weighted by atomic mass is 9.98. The molecule has 1 aliphatic carbocycles. The molecule has 0 fully saturated rings. The van der Waals surface area contributed by atoms with Crippen LogP contribution in [0.15, 0.2) is 48.5 Å². The maximum Gasteiger partial charge on any atom is 0.407 e. The first-order valence-corrected chi connectivity index (χ1v) is 11.4. The predicted octanol–water partition coefficient (Wildman–Crippen LogP) is 4.45. The summed E-state index contributed by atoms with van der Waals surface area (Å²) in [4.78, 5) is 36.3. The molecule has 0 saturated heterocycles. The second-order valence-electron chi connectivity index (χ2n) is 8.99. The number of ether oxygens (including phenoxy) is 1. The Bertz CT molecular complexity index is 972. The van der Waals surface area contributed by atoms with E-state index < -0.39 is 29.6 Å². The number of rotatable bonds is 10. The highest BCUT2D eigenvalue weighted by Crippen LogP contribution is 2.44. The van der Waals surface area contributed by atoms with Crippen LogP contribution in [-0.2, 0) is 14.3 Å². The van der Waals surface area contributed by atoms with E-state index in [4.69, 9.17) is 4.74 Å². The van der Waals surface area contributed by atoms with Crippen LogP contribution in [0.4, 0.5) is 4.79 Å². The van der Waals surface area contributed by atoms with Crippen molar-refractivity contribution in [2.75, 3.05) is 6.61 Å². The van der Waals surface area contributed by atoms with Crippen LogP contribution < -0.4 is 10.6 Å². The minimum Gasteiger partial charge on any atom is -0.480 e. The zero-order valence-electron chi connectivity index (χ0n) is 19.4. The van der Waals surface area contributed by atoms with Gasteiger partial charge in [0, 0.05) is 18.4 Å². The summed E-state index contributed by atoms with van der Waals surface area (Å²) in [6.07, 6.45) is 1.74. The van der Waals surface area contributed by atoms with Crippen molar-refractivity contribution in [3.63, 3.8) is 0 Å². The number of aliphatic carboxylic acids is 1. The van der Waals surface area contributed by atoms with Gasteiger partial charge in [0.05, 0.1) is 0 Å². The number of benzene rings is 2. The van der Waals surface area contributed by atoms with Crippen LogP contribution in [0.5, 0.6) is 0 Å². The van der Waals surface area contributed by atoms with Crippen molar-refractivity contribution < 1.29 is 24.2 Å². The van der Waals surface area contributed by atoms with E-state index in [-0.39, 0.29) is 18.9 Å². The van der Waals surface area contributed by atoms with Crippen molar-refractivity contribution >= 4 is 18.0 Å². The second-order valence-corrected chi connectivity index (χ2v) is 8.99. The first kappa shape index (κ1) is 24.3. The maximum atomic E-state index is 12.6. The number of alkyl carbamates (subject to hydrolysis) is 1. The Kier molecular flexibility index (Phi) is 7.74. The summed E-state index contributed by atoms with van der Waals surface area (Å²) in [5, 5.41) is 14.5. The Morgan fingerprint density at radius 2 is 1.61 bits per heavy atom. The third-order valence-corrected chi connectivity index (χ3v) is 5.99. The van der Waals surface area contributed by atoms with Crippen LogP contribution in [-0.4, -0.2) is 41.3 Å². The molecule has 0 unspecified atom stereocenters. The summed E-state index contributed by atoms with van der Waals surface area (Å²) in [7, 11) is 0. The van der Waals surface area contributed by atoms with Crippen LogP contribution in [0.25, 0.3) is 11.1 Å². The molecule has 3 rings (SSSR count). The molecular formula is C26H32N2O5. The van der Waals surface area contributed by atoms with Gasteiger partial charge in [-0.15, -0.1) is 0 Å². The number of fused-ring (bicyclic) bond motifs is 3. The average Bonchev–Trinajstić information content (AvgIpc) is 3.09. The zero-order chi connectivity index (χ0) is 24.0. The van der Waals surface area contributed by atoms with Crippen LogP contribution in [0.3, 0.4) is 0 Å². The summed E-state index contributed by atoms with van der Waals surface area (Å²) in [6, 6.07) is 15.8. The number of carboxylic acid groups (broad SMARTS) is 1. The minimum absolute atomic E-state index is 0.0130. The molecule has 2 aromatic carbocycles. The van der Waals surface area contributed by atoms with Crippen LogP contribution in [0.2, 0.25) is 0 Å². The van der Waals surface area contributed by atoms with Crippen molar-refractivity contribution in [1.82, 2.24) is 10.6 Å². The van der Waals surface area contributed by atoms with Crippen LogP contribution >= 0.6 is 0 Å². The third kappa shape index (κ3) is 5.92. The van der Waals surface area contributed by atoms with E-state index >= 15 is 0 Å². The molecule has 7 heteroatoms. The number of amides is 2.